The molecule has 0 spiro atoms. The molecule has 1 aromatic carbocycles. The van der Waals surface area contributed by atoms with Crippen molar-refractivity contribution in [1.29, 1.82) is 0 Å². The summed E-state index contributed by atoms with van der Waals surface area (Å²) in [5, 5.41) is 3.86. The Kier molecular flexibility index (Phi) is 5.85. The third-order valence-corrected chi connectivity index (χ3v) is 6.14. The number of H-pyrrole nitrogens is 1. The first kappa shape index (κ1) is 20.5. The van der Waals surface area contributed by atoms with Crippen molar-refractivity contribution in [1.82, 2.24) is 20.1 Å². The summed E-state index contributed by atoms with van der Waals surface area (Å²) in [6.45, 7) is 4.86. The van der Waals surface area contributed by atoms with E-state index in [1.54, 1.807) is 17.0 Å². The van der Waals surface area contributed by atoms with Crippen LogP contribution in [0.2, 0.25) is 0 Å². The molecule has 2 saturated heterocycles. The number of aromatic nitrogens is 1. The first-order valence-corrected chi connectivity index (χ1v) is 10.5. The van der Waals surface area contributed by atoms with E-state index in [4.69, 9.17) is 0 Å². The maximum absolute atomic E-state index is 14.0. The minimum atomic E-state index is -0.542. The van der Waals surface area contributed by atoms with Crippen molar-refractivity contribution in [3.05, 3.63) is 45.6 Å². The van der Waals surface area contributed by atoms with E-state index in [9.17, 15) is 18.8 Å². The molecule has 2 aliphatic heterocycles. The molecule has 0 saturated carbocycles. The molecule has 30 heavy (non-hydrogen) atoms. The van der Waals surface area contributed by atoms with Gasteiger partial charge in [0.15, 0.2) is 0 Å². The van der Waals surface area contributed by atoms with Crippen LogP contribution in [0.15, 0.2) is 23.0 Å². The summed E-state index contributed by atoms with van der Waals surface area (Å²) >= 11 is 0. The number of aromatic amines is 1. The van der Waals surface area contributed by atoms with Gasteiger partial charge in [-0.05, 0) is 55.8 Å². The van der Waals surface area contributed by atoms with E-state index < -0.39 is 11.4 Å². The van der Waals surface area contributed by atoms with Gasteiger partial charge in [0.25, 0.3) is 5.56 Å². The molecule has 0 bridgehead atoms. The van der Waals surface area contributed by atoms with Crippen molar-refractivity contribution in [3.63, 3.8) is 0 Å². The Morgan fingerprint density at radius 3 is 2.60 bits per heavy atom. The molecular weight excluding hydrogens is 387 g/mol. The third-order valence-electron chi connectivity index (χ3n) is 6.14. The zero-order valence-electron chi connectivity index (χ0n) is 17.2. The first-order valence-electron chi connectivity index (χ1n) is 10.5. The van der Waals surface area contributed by atoms with E-state index in [1.807, 2.05) is 11.8 Å². The second-order valence-corrected chi connectivity index (χ2v) is 8.13. The second-order valence-electron chi connectivity index (χ2n) is 8.13. The molecule has 0 radical (unpaired) electrons. The van der Waals surface area contributed by atoms with Gasteiger partial charge in [0.05, 0.1) is 11.4 Å². The molecular formula is C22H27FN4O3. The molecule has 7 nitrogen and oxygen atoms in total. The highest BCUT2D eigenvalue weighted by Crippen LogP contribution is 2.19. The smallest absolute Gasteiger partial charge is 0.259 e. The van der Waals surface area contributed by atoms with Gasteiger partial charge in [0.2, 0.25) is 11.8 Å². The molecule has 2 aliphatic rings. The van der Waals surface area contributed by atoms with Crippen molar-refractivity contribution in [2.75, 3.05) is 32.7 Å². The van der Waals surface area contributed by atoms with Gasteiger partial charge in [-0.1, -0.05) is 6.07 Å². The number of fused-ring (bicyclic) bond motifs is 1. The number of pyridine rings is 1. The van der Waals surface area contributed by atoms with Crippen LogP contribution in [0.4, 0.5) is 4.39 Å². The average Bonchev–Trinajstić information content (AvgIpc) is 3.29. The van der Waals surface area contributed by atoms with Crippen LogP contribution in [0.1, 0.15) is 30.5 Å². The van der Waals surface area contributed by atoms with Crippen LogP contribution in [0.5, 0.6) is 0 Å². The normalized spacial score (nSPS) is 19.5. The van der Waals surface area contributed by atoms with Crippen LogP contribution in [0.3, 0.4) is 0 Å². The van der Waals surface area contributed by atoms with Crippen molar-refractivity contribution >= 4 is 22.6 Å². The number of halogens is 1. The number of piperazine rings is 1. The molecule has 0 aliphatic carbocycles. The zero-order chi connectivity index (χ0) is 21.3. The van der Waals surface area contributed by atoms with Crippen LogP contribution in [-0.2, 0) is 16.0 Å². The molecule has 2 N–H and O–H groups in total. The Morgan fingerprint density at radius 1 is 1.17 bits per heavy atom. The predicted octanol–water partition coefficient (Wildman–Crippen LogP) is 1.33. The lowest BCUT2D eigenvalue weighted by Crippen LogP contribution is -2.54. The Morgan fingerprint density at radius 2 is 1.90 bits per heavy atom. The number of aryl methyl sites for hydroxylation is 2. The number of carbonyl (C=O) groups is 2. The second kappa shape index (κ2) is 8.55. The SMILES string of the molecule is Cc1ccc(F)c2c(=O)[nH]c(CCC(=O)N3CCN(C(=O)C4CCCN4)CC3)cc12. The topological polar surface area (TPSA) is 85.5 Å². The largest absolute Gasteiger partial charge is 0.339 e. The fourth-order valence-electron chi connectivity index (χ4n) is 4.36. The molecule has 8 heteroatoms. The zero-order valence-corrected chi connectivity index (χ0v) is 17.2. The van der Waals surface area contributed by atoms with Crippen LogP contribution in [0.25, 0.3) is 10.8 Å². The number of nitrogens with zero attached hydrogens (tertiary/aromatic N) is 2. The van der Waals surface area contributed by atoms with Gasteiger partial charge in [0, 0.05) is 38.3 Å². The maximum Gasteiger partial charge on any atom is 0.259 e. The van der Waals surface area contributed by atoms with Gasteiger partial charge in [0.1, 0.15) is 5.82 Å². The number of hydrogen-bond donors (Lipinski definition) is 2. The molecule has 3 heterocycles. The Balaban J connectivity index is 1.35. The number of nitrogens with one attached hydrogen (secondary N) is 2. The predicted molar refractivity (Wildman–Crippen MR) is 112 cm³/mol. The van der Waals surface area contributed by atoms with Crippen molar-refractivity contribution in [3.8, 4) is 0 Å². The van der Waals surface area contributed by atoms with Crippen molar-refractivity contribution in [2.45, 2.75) is 38.6 Å². The van der Waals surface area contributed by atoms with Gasteiger partial charge >= 0.3 is 0 Å². The summed E-state index contributed by atoms with van der Waals surface area (Å²) in [7, 11) is 0. The van der Waals surface area contributed by atoms with Crippen molar-refractivity contribution in [2.24, 2.45) is 0 Å². The molecule has 1 unspecified atom stereocenters. The summed E-state index contributed by atoms with van der Waals surface area (Å²) in [5.74, 6) is -0.409. The molecule has 1 aromatic heterocycles. The lowest BCUT2D eigenvalue weighted by molar-refractivity contribution is -0.140. The highest BCUT2D eigenvalue weighted by Gasteiger charge is 2.30. The fraction of sp³-hybridized carbons (Fsp3) is 0.500. The summed E-state index contributed by atoms with van der Waals surface area (Å²) < 4.78 is 14.0. The number of benzene rings is 1. The van der Waals surface area contributed by atoms with Gasteiger partial charge in [-0.15, -0.1) is 0 Å². The van der Waals surface area contributed by atoms with E-state index in [2.05, 4.69) is 10.3 Å². The summed E-state index contributed by atoms with van der Waals surface area (Å²) in [6, 6.07) is 4.62. The first-order chi connectivity index (χ1) is 14.4. The minimum Gasteiger partial charge on any atom is -0.339 e. The Hall–Kier alpha value is -2.74. The Bertz CT molecular complexity index is 1020. The van der Waals surface area contributed by atoms with Crippen LogP contribution < -0.4 is 10.9 Å². The molecule has 2 amide bonds. The monoisotopic (exact) mass is 414 g/mol. The molecule has 4 rings (SSSR count). The molecule has 160 valence electrons. The number of amides is 2. The summed E-state index contributed by atoms with van der Waals surface area (Å²) in [5.41, 5.74) is 0.974. The standard InChI is InChI=1S/C22H27FN4O3/c1-14-4-6-17(23)20-16(14)13-15(25-21(20)29)5-7-19(28)26-9-11-27(12-10-26)22(30)18-3-2-8-24-18/h4,6,13,18,24H,2-3,5,7-12H2,1H3,(H,25,29). The van der Waals surface area contributed by atoms with E-state index >= 15 is 0 Å². The van der Waals surface area contributed by atoms with Gasteiger partial charge in [-0.3, -0.25) is 14.4 Å². The third kappa shape index (κ3) is 4.09. The molecule has 2 fully saturated rings. The quantitative estimate of drug-likeness (QED) is 0.791. The van der Waals surface area contributed by atoms with Gasteiger partial charge < -0.3 is 20.1 Å². The van der Waals surface area contributed by atoms with Gasteiger partial charge in [-0.2, -0.15) is 0 Å². The highest BCUT2D eigenvalue weighted by atomic mass is 19.1. The highest BCUT2D eigenvalue weighted by molar-refractivity contribution is 5.86. The number of rotatable bonds is 4. The summed E-state index contributed by atoms with van der Waals surface area (Å²) in [4.78, 5) is 43.7. The average molecular weight is 414 g/mol. The van der Waals surface area contributed by atoms with E-state index in [0.29, 0.717) is 43.7 Å². The van der Waals surface area contributed by atoms with E-state index in [1.165, 1.54) is 6.07 Å². The minimum absolute atomic E-state index is 0.00185. The number of hydrogen-bond acceptors (Lipinski definition) is 4. The maximum atomic E-state index is 14.0. The van der Waals surface area contributed by atoms with E-state index in [-0.39, 0.29) is 29.7 Å². The van der Waals surface area contributed by atoms with Gasteiger partial charge in [-0.25, -0.2) is 4.39 Å². The number of carbonyl (C=O) groups excluding carboxylic acids is 2. The van der Waals surface area contributed by atoms with Crippen LogP contribution in [0, 0.1) is 12.7 Å². The fourth-order valence-corrected chi connectivity index (χ4v) is 4.36. The lowest BCUT2D eigenvalue weighted by atomic mass is 10.0. The molecule has 1 atom stereocenters. The lowest BCUT2D eigenvalue weighted by Gasteiger charge is -2.36. The van der Waals surface area contributed by atoms with E-state index in [0.717, 1.165) is 24.9 Å². The van der Waals surface area contributed by atoms with Crippen LogP contribution >= 0.6 is 0 Å². The summed E-state index contributed by atoms with van der Waals surface area (Å²) in [6.07, 6.45) is 2.54. The Labute approximate surface area is 174 Å². The molecule has 2 aromatic rings. The van der Waals surface area contributed by atoms with Crippen LogP contribution in [-0.4, -0.2) is 65.4 Å². The van der Waals surface area contributed by atoms with Crippen molar-refractivity contribution < 1.29 is 14.0 Å².